The summed E-state index contributed by atoms with van der Waals surface area (Å²) in [4.78, 5) is 13.8. The van der Waals surface area contributed by atoms with Crippen molar-refractivity contribution in [3.05, 3.63) is 0 Å². The van der Waals surface area contributed by atoms with Crippen LogP contribution in [0.25, 0.3) is 0 Å². The summed E-state index contributed by atoms with van der Waals surface area (Å²) in [6, 6.07) is 0.225. The number of nitrogens with zero attached hydrogens (tertiary/aromatic N) is 1. The van der Waals surface area contributed by atoms with Gasteiger partial charge in [0.2, 0.25) is 0 Å². The number of amides is 1. The van der Waals surface area contributed by atoms with Crippen molar-refractivity contribution in [1.82, 2.24) is 10.2 Å². The first-order chi connectivity index (χ1) is 7.29. The van der Waals surface area contributed by atoms with Crippen LogP contribution in [0.1, 0.15) is 6.42 Å². The number of ether oxygens (including phenoxy) is 2. The Morgan fingerprint density at radius 3 is 2.93 bits per heavy atom. The van der Waals surface area contributed by atoms with Crippen LogP contribution in [-0.2, 0) is 14.3 Å². The van der Waals surface area contributed by atoms with E-state index in [0.717, 1.165) is 19.6 Å². The minimum atomic E-state index is -0.315. The molecule has 2 aliphatic rings. The van der Waals surface area contributed by atoms with E-state index in [2.05, 4.69) is 5.32 Å². The van der Waals surface area contributed by atoms with E-state index in [1.165, 1.54) is 0 Å². The van der Waals surface area contributed by atoms with Gasteiger partial charge < -0.3 is 19.7 Å². The second-order valence-electron chi connectivity index (χ2n) is 4.03. The third kappa shape index (κ3) is 2.48. The molecule has 2 saturated heterocycles. The molecule has 0 aliphatic carbocycles. The van der Waals surface area contributed by atoms with Crippen molar-refractivity contribution >= 4 is 5.91 Å². The first-order valence-electron chi connectivity index (χ1n) is 5.46. The molecule has 2 heterocycles. The van der Waals surface area contributed by atoms with E-state index in [4.69, 9.17) is 9.47 Å². The second kappa shape index (κ2) is 4.92. The lowest BCUT2D eigenvalue weighted by Crippen LogP contribution is -2.51. The lowest BCUT2D eigenvalue weighted by molar-refractivity contribution is -0.146. The van der Waals surface area contributed by atoms with E-state index in [0.29, 0.717) is 19.8 Å². The summed E-state index contributed by atoms with van der Waals surface area (Å²) >= 11 is 0. The van der Waals surface area contributed by atoms with E-state index < -0.39 is 0 Å². The normalized spacial score (nSPS) is 31.5. The third-order valence-electron chi connectivity index (χ3n) is 3.00. The van der Waals surface area contributed by atoms with Crippen LogP contribution in [0.5, 0.6) is 0 Å². The van der Waals surface area contributed by atoms with Gasteiger partial charge in [-0.1, -0.05) is 0 Å². The SMILES string of the molecule is CN(C(=O)[C@H]1CNCCO1)C1CCOC1. The molecule has 0 aromatic rings. The van der Waals surface area contributed by atoms with E-state index in [-0.39, 0.29) is 18.1 Å². The molecule has 0 aromatic heterocycles. The van der Waals surface area contributed by atoms with Crippen LogP contribution in [0.3, 0.4) is 0 Å². The summed E-state index contributed by atoms with van der Waals surface area (Å²) in [7, 11) is 1.83. The first kappa shape index (κ1) is 10.9. The van der Waals surface area contributed by atoms with Crippen LogP contribution in [0, 0.1) is 0 Å². The molecule has 0 saturated carbocycles. The summed E-state index contributed by atoms with van der Waals surface area (Å²) in [6.45, 7) is 3.48. The molecule has 0 radical (unpaired) electrons. The molecule has 5 nitrogen and oxygen atoms in total. The smallest absolute Gasteiger partial charge is 0.253 e. The summed E-state index contributed by atoms with van der Waals surface area (Å²) in [5.41, 5.74) is 0. The molecule has 0 bridgehead atoms. The topological polar surface area (TPSA) is 50.8 Å². The van der Waals surface area contributed by atoms with Gasteiger partial charge in [0.25, 0.3) is 5.91 Å². The number of morpholine rings is 1. The third-order valence-corrected chi connectivity index (χ3v) is 3.00. The number of carbonyl (C=O) groups is 1. The Morgan fingerprint density at radius 2 is 2.33 bits per heavy atom. The highest BCUT2D eigenvalue weighted by atomic mass is 16.5. The summed E-state index contributed by atoms with van der Waals surface area (Å²) in [5.74, 6) is 0.0673. The van der Waals surface area contributed by atoms with Crippen LogP contribution in [0.15, 0.2) is 0 Å². The number of hydrogen-bond donors (Lipinski definition) is 1. The first-order valence-corrected chi connectivity index (χ1v) is 5.46. The Hall–Kier alpha value is -0.650. The monoisotopic (exact) mass is 214 g/mol. The molecule has 2 rings (SSSR count). The van der Waals surface area contributed by atoms with Gasteiger partial charge in [-0.2, -0.15) is 0 Å². The van der Waals surface area contributed by atoms with E-state index >= 15 is 0 Å². The molecule has 0 aromatic carbocycles. The number of likely N-dealkylation sites (N-methyl/N-ethyl adjacent to an activating group) is 1. The Kier molecular flexibility index (Phi) is 3.56. The van der Waals surface area contributed by atoms with E-state index in [1.54, 1.807) is 4.90 Å². The molecular weight excluding hydrogens is 196 g/mol. The number of carbonyl (C=O) groups excluding carboxylic acids is 1. The van der Waals surface area contributed by atoms with Crippen LogP contribution in [0.4, 0.5) is 0 Å². The van der Waals surface area contributed by atoms with Crippen molar-refractivity contribution < 1.29 is 14.3 Å². The Labute approximate surface area is 89.7 Å². The van der Waals surface area contributed by atoms with Gasteiger partial charge in [-0.3, -0.25) is 4.79 Å². The highest BCUT2D eigenvalue weighted by Crippen LogP contribution is 2.13. The van der Waals surface area contributed by atoms with Gasteiger partial charge in [-0.25, -0.2) is 0 Å². The maximum Gasteiger partial charge on any atom is 0.253 e. The zero-order chi connectivity index (χ0) is 10.7. The van der Waals surface area contributed by atoms with Gasteiger partial charge in [0.1, 0.15) is 6.10 Å². The number of hydrogen-bond acceptors (Lipinski definition) is 4. The fourth-order valence-corrected chi connectivity index (χ4v) is 1.96. The zero-order valence-corrected chi connectivity index (χ0v) is 9.07. The Balaban J connectivity index is 1.87. The highest BCUT2D eigenvalue weighted by Gasteiger charge is 2.30. The molecule has 0 spiro atoms. The quantitative estimate of drug-likeness (QED) is 0.655. The Bertz CT molecular complexity index is 223. The van der Waals surface area contributed by atoms with Crippen LogP contribution in [-0.4, -0.2) is 62.9 Å². The maximum absolute atomic E-state index is 12.0. The van der Waals surface area contributed by atoms with Crippen LogP contribution in [0.2, 0.25) is 0 Å². The molecule has 1 N–H and O–H groups in total. The summed E-state index contributed by atoms with van der Waals surface area (Å²) < 4.78 is 10.7. The maximum atomic E-state index is 12.0. The largest absolute Gasteiger partial charge is 0.379 e. The predicted octanol–water partition coefficient (Wildman–Crippen LogP) is -0.778. The van der Waals surface area contributed by atoms with Crippen molar-refractivity contribution in [2.24, 2.45) is 0 Å². The molecule has 2 aliphatic heterocycles. The van der Waals surface area contributed by atoms with Gasteiger partial charge in [-0.15, -0.1) is 0 Å². The number of nitrogens with one attached hydrogen (secondary N) is 1. The molecule has 1 unspecified atom stereocenters. The standard InChI is InChI=1S/C10H18N2O3/c1-12(8-2-4-14-7-8)10(13)9-6-11-3-5-15-9/h8-9,11H,2-7H2,1H3/t8?,9-/m1/s1. The molecule has 1 amide bonds. The Morgan fingerprint density at radius 1 is 1.47 bits per heavy atom. The summed E-state index contributed by atoms with van der Waals surface area (Å²) in [5, 5.41) is 3.16. The van der Waals surface area contributed by atoms with E-state index in [1.807, 2.05) is 7.05 Å². The fourth-order valence-electron chi connectivity index (χ4n) is 1.96. The van der Waals surface area contributed by atoms with Crippen molar-refractivity contribution in [2.45, 2.75) is 18.6 Å². The van der Waals surface area contributed by atoms with Gasteiger partial charge in [0, 0.05) is 26.7 Å². The molecule has 2 atom stereocenters. The van der Waals surface area contributed by atoms with Gasteiger partial charge in [-0.05, 0) is 6.42 Å². The van der Waals surface area contributed by atoms with Crippen molar-refractivity contribution in [3.63, 3.8) is 0 Å². The molecule has 2 fully saturated rings. The van der Waals surface area contributed by atoms with E-state index in [9.17, 15) is 4.79 Å². The van der Waals surface area contributed by atoms with Crippen molar-refractivity contribution in [1.29, 1.82) is 0 Å². The van der Waals surface area contributed by atoms with Crippen molar-refractivity contribution in [3.8, 4) is 0 Å². The zero-order valence-electron chi connectivity index (χ0n) is 9.07. The molecule has 15 heavy (non-hydrogen) atoms. The number of rotatable bonds is 2. The average molecular weight is 214 g/mol. The predicted molar refractivity (Wildman–Crippen MR) is 54.6 cm³/mol. The lowest BCUT2D eigenvalue weighted by Gasteiger charge is -2.30. The highest BCUT2D eigenvalue weighted by molar-refractivity contribution is 5.81. The molecule has 5 heteroatoms. The van der Waals surface area contributed by atoms with Gasteiger partial charge in [0.15, 0.2) is 0 Å². The lowest BCUT2D eigenvalue weighted by atomic mass is 10.2. The minimum absolute atomic E-state index is 0.0673. The molecular formula is C10H18N2O3. The van der Waals surface area contributed by atoms with Crippen LogP contribution < -0.4 is 5.32 Å². The summed E-state index contributed by atoms with van der Waals surface area (Å²) in [6.07, 6.45) is 0.618. The average Bonchev–Trinajstić information content (AvgIpc) is 2.82. The van der Waals surface area contributed by atoms with Crippen molar-refractivity contribution in [2.75, 3.05) is 40.0 Å². The van der Waals surface area contributed by atoms with Gasteiger partial charge >= 0.3 is 0 Å². The molecule has 86 valence electrons. The fraction of sp³-hybridized carbons (Fsp3) is 0.900. The van der Waals surface area contributed by atoms with Gasteiger partial charge in [0.05, 0.1) is 19.3 Å². The minimum Gasteiger partial charge on any atom is -0.379 e. The van der Waals surface area contributed by atoms with Crippen LogP contribution >= 0.6 is 0 Å². The second-order valence-corrected chi connectivity index (χ2v) is 4.03.